The summed E-state index contributed by atoms with van der Waals surface area (Å²) in [4.78, 5) is 32.5. The van der Waals surface area contributed by atoms with Gasteiger partial charge in [0.25, 0.3) is 11.8 Å². The van der Waals surface area contributed by atoms with Crippen molar-refractivity contribution in [1.82, 2.24) is 14.8 Å². The molecule has 0 spiro atoms. The van der Waals surface area contributed by atoms with Crippen LogP contribution in [0.1, 0.15) is 38.4 Å². The van der Waals surface area contributed by atoms with Crippen LogP contribution in [-0.4, -0.2) is 52.8 Å². The van der Waals surface area contributed by atoms with Gasteiger partial charge in [-0.25, -0.2) is 0 Å². The lowest BCUT2D eigenvalue weighted by molar-refractivity contribution is 0.0718. The van der Waals surface area contributed by atoms with Crippen molar-refractivity contribution in [2.24, 2.45) is 0 Å². The van der Waals surface area contributed by atoms with E-state index >= 15 is 0 Å². The van der Waals surface area contributed by atoms with Crippen molar-refractivity contribution >= 4 is 22.7 Å². The number of aromatic amines is 1. The minimum atomic E-state index is -0.0436. The largest absolute Gasteiger partial charge is 0.472 e. The summed E-state index contributed by atoms with van der Waals surface area (Å²) in [5.41, 5.74) is 4.59. The molecule has 1 aliphatic rings. The highest BCUT2D eigenvalue weighted by molar-refractivity contribution is 5.99. The number of fused-ring (bicyclic) bond motifs is 1. The second-order valence-electron chi connectivity index (χ2n) is 7.09. The molecule has 1 N–H and O–H groups in total. The number of aryl methyl sites for hydroxylation is 2. The maximum absolute atomic E-state index is 13.0. The van der Waals surface area contributed by atoms with Crippen molar-refractivity contribution in [1.29, 1.82) is 0 Å². The van der Waals surface area contributed by atoms with Crippen LogP contribution in [0, 0.1) is 13.8 Å². The Balaban J connectivity index is 1.49. The van der Waals surface area contributed by atoms with Crippen molar-refractivity contribution in [2.45, 2.75) is 20.3 Å². The molecule has 140 valence electrons. The van der Waals surface area contributed by atoms with Gasteiger partial charge in [-0.3, -0.25) is 9.59 Å². The van der Waals surface area contributed by atoms with Crippen molar-refractivity contribution < 1.29 is 14.0 Å². The molecule has 27 heavy (non-hydrogen) atoms. The number of rotatable bonds is 2. The monoisotopic (exact) mass is 365 g/mol. The molecule has 2 aromatic heterocycles. The summed E-state index contributed by atoms with van der Waals surface area (Å²) >= 11 is 0. The van der Waals surface area contributed by atoms with Gasteiger partial charge in [0, 0.05) is 48.3 Å². The Morgan fingerprint density at radius 3 is 2.33 bits per heavy atom. The maximum Gasteiger partial charge on any atom is 0.257 e. The van der Waals surface area contributed by atoms with Crippen LogP contribution >= 0.6 is 0 Å². The van der Waals surface area contributed by atoms with Crippen LogP contribution in [0.5, 0.6) is 0 Å². The third-order valence-corrected chi connectivity index (χ3v) is 5.39. The number of aromatic nitrogens is 1. The smallest absolute Gasteiger partial charge is 0.257 e. The zero-order valence-corrected chi connectivity index (χ0v) is 15.6. The van der Waals surface area contributed by atoms with Gasteiger partial charge in [-0.2, -0.15) is 0 Å². The summed E-state index contributed by atoms with van der Waals surface area (Å²) in [5, 5.41) is 1.09. The lowest BCUT2D eigenvalue weighted by Crippen LogP contribution is -2.37. The summed E-state index contributed by atoms with van der Waals surface area (Å²) in [7, 11) is 0. The second-order valence-corrected chi connectivity index (χ2v) is 7.09. The first kappa shape index (κ1) is 17.4. The number of benzene rings is 1. The summed E-state index contributed by atoms with van der Waals surface area (Å²) in [6.45, 7) is 6.46. The number of H-pyrrole nitrogens is 1. The minimum absolute atomic E-state index is 0.0211. The third-order valence-electron chi connectivity index (χ3n) is 5.39. The molecule has 6 heteroatoms. The van der Waals surface area contributed by atoms with Gasteiger partial charge < -0.3 is 19.2 Å². The SMILES string of the molecule is Cc1[nH]c2ccc(C(=O)N3CCCN(C(=O)c4ccoc4)CC3)cc2c1C. The lowest BCUT2D eigenvalue weighted by atomic mass is 10.1. The molecule has 3 heterocycles. The molecule has 0 radical (unpaired) electrons. The van der Waals surface area contributed by atoms with Gasteiger partial charge in [0.1, 0.15) is 6.26 Å². The van der Waals surface area contributed by atoms with Crippen LogP contribution in [0.15, 0.2) is 41.2 Å². The molecule has 0 saturated carbocycles. The molecule has 0 atom stereocenters. The Kier molecular flexibility index (Phi) is 4.48. The van der Waals surface area contributed by atoms with Gasteiger partial charge in [0.2, 0.25) is 0 Å². The minimum Gasteiger partial charge on any atom is -0.472 e. The van der Waals surface area contributed by atoms with E-state index in [0.29, 0.717) is 37.3 Å². The molecule has 3 aromatic rings. The summed E-state index contributed by atoms with van der Waals surface area (Å²) in [6, 6.07) is 7.48. The summed E-state index contributed by atoms with van der Waals surface area (Å²) < 4.78 is 5.01. The molecule has 2 amide bonds. The quantitative estimate of drug-likeness (QED) is 0.757. The van der Waals surface area contributed by atoms with E-state index in [1.54, 1.807) is 11.0 Å². The van der Waals surface area contributed by atoms with Gasteiger partial charge in [-0.15, -0.1) is 0 Å². The number of carbonyl (C=O) groups excluding carboxylic acids is 2. The van der Waals surface area contributed by atoms with Crippen molar-refractivity contribution in [2.75, 3.05) is 26.2 Å². The average molecular weight is 365 g/mol. The highest BCUT2D eigenvalue weighted by atomic mass is 16.3. The predicted molar refractivity (Wildman–Crippen MR) is 103 cm³/mol. The van der Waals surface area contributed by atoms with Crippen molar-refractivity contribution in [3.63, 3.8) is 0 Å². The molecule has 1 fully saturated rings. The number of furan rings is 1. The zero-order valence-electron chi connectivity index (χ0n) is 15.6. The number of nitrogens with one attached hydrogen (secondary N) is 1. The molecule has 1 saturated heterocycles. The number of nitrogens with zero attached hydrogens (tertiary/aromatic N) is 2. The van der Waals surface area contributed by atoms with E-state index in [-0.39, 0.29) is 11.8 Å². The molecule has 1 aromatic carbocycles. The van der Waals surface area contributed by atoms with Gasteiger partial charge in [0.15, 0.2) is 0 Å². The third kappa shape index (κ3) is 3.23. The van der Waals surface area contributed by atoms with Crippen LogP contribution < -0.4 is 0 Å². The summed E-state index contributed by atoms with van der Waals surface area (Å²) in [6.07, 6.45) is 3.73. The van der Waals surface area contributed by atoms with E-state index in [2.05, 4.69) is 11.9 Å². The Morgan fingerprint density at radius 2 is 1.67 bits per heavy atom. The number of hydrogen-bond donors (Lipinski definition) is 1. The number of hydrogen-bond acceptors (Lipinski definition) is 3. The second kappa shape index (κ2) is 6.95. The van der Waals surface area contributed by atoms with Gasteiger partial charge >= 0.3 is 0 Å². The molecular weight excluding hydrogens is 342 g/mol. The lowest BCUT2D eigenvalue weighted by Gasteiger charge is -2.22. The summed E-state index contributed by atoms with van der Waals surface area (Å²) in [5.74, 6) is -0.0225. The maximum atomic E-state index is 13.0. The highest BCUT2D eigenvalue weighted by Crippen LogP contribution is 2.23. The Labute approximate surface area is 157 Å². The Hall–Kier alpha value is -3.02. The molecular formula is C21H23N3O3. The zero-order chi connectivity index (χ0) is 19.0. The van der Waals surface area contributed by atoms with Crippen molar-refractivity contribution in [3.8, 4) is 0 Å². The molecule has 0 unspecified atom stereocenters. The Morgan fingerprint density at radius 1 is 0.963 bits per heavy atom. The fraction of sp³-hybridized carbons (Fsp3) is 0.333. The first-order valence-electron chi connectivity index (χ1n) is 9.24. The first-order valence-corrected chi connectivity index (χ1v) is 9.24. The molecule has 6 nitrogen and oxygen atoms in total. The first-order chi connectivity index (χ1) is 13.0. The highest BCUT2D eigenvalue weighted by Gasteiger charge is 2.24. The standard InChI is InChI=1S/C21H23N3O3/c1-14-15(2)22-19-5-4-16(12-18(14)19)20(25)23-7-3-8-24(10-9-23)21(26)17-6-11-27-13-17/h4-6,11-13,22H,3,7-10H2,1-2H3. The van der Waals surface area contributed by atoms with E-state index in [1.165, 1.54) is 18.1 Å². The van der Waals surface area contributed by atoms with E-state index in [0.717, 1.165) is 23.0 Å². The average Bonchev–Trinajstić information content (AvgIpc) is 3.22. The predicted octanol–water partition coefficient (Wildman–Crippen LogP) is 3.37. The van der Waals surface area contributed by atoms with Crippen LogP contribution in [-0.2, 0) is 0 Å². The van der Waals surface area contributed by atoms with Gasteiger partial charge in [-0.1, -0.05) is 0 Å². The van der Waals surface area contributed by atoms with Crippen LogP contribution in [0.25, 0.3) is 10.9 Å². The number of amides is 2. The fourth-order valence-electron chi connectivity index (χ4n) is 3.67. The topological polar surface area (TPSA) is 69.6 Å². The van der Waals surface area contributed by atoms with Gasteiger partial charge in [0.05, 0.1) is 11.8 Å². The van der Waals surface area contributed by atoms with E-state index in [9.17, 15) is 9.59 Å². The Bertz CT molecular complexity index is 988. The normalized spacial score (nSPS) is 15.2. The molecule has 0 aliphatic carbocycles. The molecule has 4 rings (SSSR count). The fourth-order valence-corrected chi connectivity index (χ4v) is 3.67. The van der Waals surface area contributed by atoms with Crippen LogP contribution in [0.3, 0.4) is 0 Å². The van der Waals surface area contributed by atoms with Crippen molar-refractivity contribution in [3.05, 3.63) is 59.2 Å². The van der Waals surface area contributed by atoms with Gasteiger partial charge in [-0.05, 0) is 50.1 Å². The van der Waals surface area contributed by atoms with E-state index < -0.39 is 0 Å². The molecule has 1 aliphatic heterocycles. The van der Waals surface area contributed by atoms with E-state index in [1.807, 2.05) is 30.0 Å². The van der Waals surface area contributed by atoms with E-state index in [4.69, 9.17) is 4.42 Å². The van der Waals surface area contributed by atoms with Crippen LogP contribution in [0.2, 0.25) is 0 Å². The molecule has 0 bridgehead atoms. The van der Waals surface area contributed by atoms with Crippen LogP contribution in [0.4, 0.5) is 0 Å². The number of carbonyl (C=O) groups is 2.